The first-order valence-corrected chi connectivity index (χ1v) is 7.90. The van der Waals surface area contributed by atoms with Crippen LogP contribution in [0.1, 0.15) is 5.56 Å². The van der Waals surface area contributed by atoms with Crippen LogP contribution in [0.5, 0.6) is 0 Å². The van der Waals surface area contributed by atoms with Gasteiger partial charge in [0.25, 0.3) is 0 Å². The minimum atomic E-state index is 0.830. The van der Waals surface area contributed by atoms with Crippen molar-refractivity contribution in [2.24, 2.45) is 0 Å². The first kappa shape index (κ1) is 12.4. The highest BCUT2D eigenvalue weighted by atomic mass is 79.9. The number of imidazole rings is 1. The lowest BCUT2D eigenvalue weighted by Crippen LogP contribution is -1.93. The van der Waals surface area contributed by atoms with Crippen molar-refractivity contribution in [2.45, 2.75) is 6.92 Å². The van der Waals surface area contributed by atoms with Crippen LogP contribution in [0, 0.1) is 6.92 Å². The highest BCUT2D eigenvalue weighted by Crippen LogP contribution is 2.35. The molecule has 4 aromatic rings. The van der Waals surface area contributed by atoms with Gasteiger partial charge in [0.05, 0.1) is 5.52 Å². The molecule has 2 aromatic carbocycles. The van der Waals surface area contributed by atoms with Crippen molar-refractivity contribution < 1.29 is 0 Å². The first-order valence-electron chi connectivity index (χ1n) is 6.32. The quantitative estimate of drug-likeness (QED) is 0.364. The van der Waals surface area contributed by atoms with E-state index >= 15 is 0 Å². The lowest BCUT2D eigenvalue weighted by molar-refractivity contribution is 1.23. The zero-order valence-corrected chi connectivity index (χ0v) is 13.9. The van der Waals surface area contributed by atoms with E-state index in [1.54, 1.807) is 0 Å². The molecule has 0 fully saturated rings. The fourth-order valence-electron chi connectivity index (χ4n) is 2.86. The summed E-state index contributed by atoms with van der Waals surface area (Å²) in [5.41, 5.74) is 3.42. The van der Waals surface area contributed by atoms with E-state index in [-0.39, 0.29) is 0 Å². The summed E-state index contributed by atoms with van der Waals surface area (Å²) in [4.78, 5) is 4.65. The van der Waals surface area contributed by atoms with Crippen molar-refractivity contribution in [1.82, 2.24) is 9.38 Å². The summed E-state index contributed by atoms with van der Waals surface area (Å²) in [5.74, 6) is 0. The zero-order valence-electron chi connectivity index (χ0n) is 10.7. The fraction of sp³-hybridized carbons (Fsp3) is 0.0625. The average molecular weight is 390 g/mol. The molecule has 0 amide bonds. The number of halogens is 2. The fourth-order valence-corrected chi connectivity index (χ4v) is 3.65. The summed E-state index contributed by atoms with van der Waals surface area (Å²) in [7, 11) is 0. The SMILES string of the molecule is Cc1cccc2c1c1ccccc1c1nc(Br)c(Br)n21. The topological polar surface area (TPSA) is 17.3 Å². The number of fused-ring (bicyclic) bond motifs is 6. The Balaban J connectivity index is 2.48. The summed E-state index contributed by atoms with van der Waals surface area (Å²) >= 11 is 7.16. The van der Waals surface area contributed by atoms with Gasteiger partial charge in [-0.05, 0) is 55.8 Å². The standard InChI is InChI=1S/C16H10Br2N2/c1-9-5-4-8-12-13(9)10-6-2-3-7-11(10)16-19-14(17)15(18)20(12)16/h2-8H,1H3. The van der Waals surface area contributed by atoms with Crippen LogP contribution in [0.2, 0.25) is 0 Å². The van der Waals surface area contributed by atoms with Gasteiger partial charge in [-0.3, -0.25) is 4.40 Å². The molecule has 4 heteroatoms. The van der Waals surface area contributed by atoms with Crippen LogP contribution in [0.4, 0.5) is 0 Å². The molecule has 0 aliphatic rings. The molecular weight excluding hydrogens is 380 g/mol. The molecule has 0 unspecified atom stereocenters. The smallest absolute Gasteiger partial charge is 0.147 e. The lowest BCUT2D eigenvalue weighted by Gasteiger charge is -2.10. The molecule has 4 rings (SSSR count). The number of hydrogen-bond acceptors (Lipinski definition) is 1. The van der Waals surface area contributed by atoms with Crippen LogP contribution < -0.4 is 0 Å². The Labute approximate surface area is 132 Å². The molecule has 0 saturated carbocycles. The molecule has 0 bridgehead atoms. The molecular formula is C16H10Br2N2. The average Bonchev–Trinajstić information content (AvgIpc) is 2.76. The predicted octanol–water partition coefficient (Wildman–Crippen LogP) is 5.47. The predicted molar refractivity (Wildman–Crippen MR) is 90.3 cm³/mol. The Kier molecular flexibility index (Phi) is 2.66. The summed E-state index contributed by atoms with van der Waals surface area (Å²) in [6.45, 7) is 2.15. The molecule has 0 saturated heterocycles. The van der Waals surface area contributed by atoms with Gasteiger partial charge >= 0.3 is 0 Å². The molecule has 0 atom stereocenters. The third kappa shape index (κ3) is 1.52. The Morgan fingerprint density at radius 2 is 1.70 bits per heavy atom. The van der Waals surface area contributed by atoms with Crippen molar-refractivity contribution in [1.29, 1.82) is 0 Å². The van der Waals surface area contributed by atoms with Gasteiger partial charge in [-0.15, -0.1) is 0 Å². The number of benzene rings is 2. The normalized spacial score (nSPS) is 11.8. The van der Waals surface area contributed by atoms with Gasteiger partial charge in [-0.25, -0.2) is 4.98 Å². The summed E-state index contributed by atoms with van der Waals surface area (Å²) in [6.07, 6.45) is 0. The molecule has 0 spiro atoms. The number of aromatic nitrogens is 2. The highest BCUT2D eigenvalue weighted by molar-refractivity contribution is 9.13. The largest absolute Gasteiger partial charge is 0.285 e. The number of pyridine rings is 1. The van der Waals surface area contributed by atoms with Gasteiger partial charge in [0, 0.05) is 10.8 Å². The Morgan fingerprint density at radius 3 is 2.50 bits per heavy atom. The molecule has 2 heterocycles. The van der Waals surface area contributed by atoms with Crippen molar-refractivity contribution in [3.05, 3.63) is 57.2 Å². The second-order valence-electron chi connectivity index (χ2n) is 4.87. The van der Waals surface area contributed by atoms with Crippen LogP contribution in [0.15, 0.2) is 51.7 Å². The van der Waals surface area contributed by atoms with Gasteiger partial charge in [-0.1, -0.05) is 36.4 Å². The molecule has 0 N–H and O–H groups in total. The van der Waals surface area contributed by atoms with Gasteiger partial charge in [0.15, 0.2) is 0 Å². The van der Waals surface area contributed by atoms with E-state index in [0.29, 0.717) is 0 Å². The zero-order chi connectivity index (χ0) is 13.9. The molecule has 20 heavy (non-hydrogen) atoms. The lowest BCUT2D eigenvalue weighted by atomic mass is 10.0. The summed E-state index contributed by atoms with van der Waals surface area (Å²) in [5, 5.41) is 3.69. The Hall–Kier alpha value is -1.39. The van der Waals surface area contributed by atoms with Crippen LogP contribution in [0.25, 0.3) is 27.3 Å². The second-order valence-corrected chi connectivity index (χ2v) is 6.37. The van der Waals surface area contributed by atoms with Gasteiger partial charge in [0.1, 0.15) is 14.9 Å². The summed E-state index contributed by atoms with van der Waals surface area (Å²) < 4.78 is 3.94. The van der Waals surface area contributed by atoms with E-state index in [1.165, 1.54) is 27.2 Å². The van der Waals surface area contributed by atoms with Gasteiger partial charge < -0.3 is 0 Å². The van der Waals surface area contributed by atoms with E-state index in [9.17, 15) is 0 Å². The molecule has 2 aromatic heterocycles. The number of nitrogens with zero attached hydrogens (tertiary/aromatic N) is 2. The van der Waals surface area contributed by atoms with Gasteiger partial charge in [0.2, 0.25) is 0 Å². The summed E-state index contributed by atoms with van der Waals surface area (Å²) in [6, 6.07) is 14.8. The third-order valence-corrected chi connectivity index (χ3v) is 5.53. The van der Waals surface area contributed by atoms with E-state index in [2.05, 4.69) is 90.6 Å². The van der Waals surface area contributed by atoms with Crippen LogP contribution in [-0.2, 0) is 0 Å². The van der Waals surface area contributed by atoms with Gasteiger partial charge in [-0.2, -0.15) is 0 Å². The van der Waals surface area contributed by atoms with E-state index < -0.39 is 0 Å². The maximum absolute atomic E-state index is 4.65. The monoisotopic (exact) mass is 388 g/mol. The maximum Gasteiger partial charge on any atom is 0.147 e. The molecule has 2 nitrogen and oxygen atoms in total. The molecule has 0 radical (unpaired) electrons. The molecule has 0 aliphatic heterocycles. The molecule has 0 aliphatic carbocycles. The van der Waals surface area contributed by atoms with E-state index in [1.807, 2.05) is 0 Å². The minimum Gasteiger partial charge on any atom is -0.285 e. The second kappa shape index (κ2) is 4.30. The molecule has 98 valence electrons. The number of hydrogen-bond donors (Lipinski definition) is 0. The first-order chi connectivity index (χ1) is 9.68. The number of aryl methyl sites for hydroxylation is 1. The Bertz CT molecular complexity index is 986. The highest BCUT2D eigenvalue weighted by Gasteiger charge is 2.15. The third-order valence-electron chi connectivity index (χ3n) is 3.71. The number of rotatable bonds is 0. The van der Waals surface area contributed by atoms with E-state index in [0.717, 1.165) is 14.9 Å². The van der Waals surface area contributed by atoms with Crippen LogP contribution >= 0.6 is 31.9 Å². The van der Waals surface area contributed by atoms with Crippen molar-refractivity contribution in [2.75, 3.05) is 0 Å². The van der Waals surface area contributed by atoms with Crippen molar-refractivity contribution >= 4 is 59.2 Å². The maximum atomic E-state index is 4.65. The van der Waals surface area contributed by atoms with Crippen LogP contribution in [-0.4, -0.2) is 9.38 Å². The van der Waals surface area contributed by atoms with Crippen LogP contribution in [0.3, 0.4) is 0 Å². The van der Waals surface area contributed by atoms with E-state index in [4.69, 9.17) is 0 Å². The minimum absolute atomic E-state index is 0.830. The Morgan fingerprint density at radius 1 is 0.950 bits per heavy atom. The van der Waals surface area contributed by atoms with Crippen molar-refractivity contribution in [3.63, 3.8) is 0 Å². The van der Waals surface area contributed by atoms with Crippen molar-refractivity contribution in [3.8, 4) is 0 Å².